The van der Waals surface area contributed by atoms with Gasteiger partial charge in [0.05, 0.1) is 21.2 Å². The van der Waals surface area contributed by atoms with Crippen LogP contribution in [0.5, 0.6) is 0 Å². The van der Waals surface area contributed by atoms with Gasteiger partial charge in [-0.3, -0.25) is 0 Å². The van der Waals surface area contributed by atoms with E-state index in [0.717, 1.165) is 24.3 Å². The van der Waals surface area contributed by atoms with Crippen molar-refractivity contribution >= 4 is 41.0 Å². The van der Waals surface area contributed by atoms with Gasteiger partial charge >= 0.3 is 19.3 Å². The maximum absolute atomic E-state index is 13.1. The fourth-order valence-corrected chi connectivity index (χ4v) is 2.87. The number of benzene rings is 2. The zero-order valence-electron chi connectivity index (χ0n) is 13.5. The van der Waals surface area contributed by atoms with Crippen LogP contribution in [0.2, 0.25) is 10.0 Å². The lowest BCUT2D eigenvalue weighted by atomic mass is 9.55. The molecular weight excluding hydrogens is 418 g/mol. The molecule has 0 amide bonds. The highest BCUT2D eigenvalue weighted by atomic mass is 35.5. The molecule has 0 unspecified atom stereocenters. The summed E-state index contributed by atoms with van der Waals surface area (Å²) in [6, 6.07) is 6.01. The minimum atomic E-state index is -4.73. The first-order valence-electron chi connectivity index (χ1n) is 7.50. The van der Waals surface area contributed by atoms with Crippen LogP contribution in [-0.2, 0) is 17.0 Å². The molecule has 11 heteroatoms. The molecular formula is C16H12BCl2F6NO. The normalized spacial score (nSPS) is 12.3. The van der Waals surface area contributed by atoms with Crippen LogP contribution in [0.1, 0.15) is 11.1 Å². The van der Waals surface area contributed by atoms with Gasteiger partial charge in [0.1, 0.15) is 0 Å². The number of nitrogens with two attached hydrogens (primary N) is 1. The quantitative estimate of drug-likeness (QED) is 0.573. The molecule has 0 aliphatic rings. The third-order valence-corrected chi connectivity index (χ3v) is 4.26. The van der Waals surface area contributed by atoms with Crippen molar-refractivity contribution in [2.75, 3.05) is 13.2 Å². The van der Waals surface area contributed by atoms with Crippen molar-refractivity contribution in [3.63, 3.8) is 0 Å². The first-order valence-corrected chi connectivity index (χ1v) is 8.25. The molecule has 2 rings (SSSR count). The molecule has 0 bridgehead atoms. The van der Waals surface area contributed by atoms with Crippen molar-refractivity contribution in [1.82, 2.24) is 0 Å². The predicted molar refractivity (Wildman–Crippen MR) is 92.9 cm³/mol. The average molecular weight is 430 g/mol. The minimum Gasteiger partial charge on any atom is -0.426 e. The van der Waals surface area contributed by atoms with Gasteiger partial charge in [0.25, 0.3) is 0 Å². The summed E-state index contributed by atoms with van der Waals surface area (Å²) in [4.78, 5) is 0. The highest BCUT2D eigenvalue weighted by Crippen LogP contribution is 2.35. The van der Waals surface area contributed by atoms with Gasteiger partial charge in [-0.1, -0.05) is 47.5 Å². The predicted octanol–water partition coefficient (Wildman–Crippen LogP) is 4.11. The smallest absolute Gasteiger partial charge is 0.417 e. The summed E-state index contributed by atoms with van der Waals surface area (Å²) in [5.74, 6) is 0. The van der Waals surface area contributed by atoms with Crippen LogP contribution in [0.25, 0.3) is 0 Å². The van der Waals surface area contributed by atoms with Crippen LogP contribution in [0.3, 0.4) is 0 Å². The van der Waals surface area contributed by atoms with E-state index in [-0.39, 0.29) is 24.1 Å². The molecule has 2 aromatic carbocycles. The minimum absolute atomic E-state index is 0.0179. The summed E-state index contributed by atoms with van der Waals surface area (Å²) < 4.78 is 84.1. The Bertz CT molecular complexity index is 749. The van der Waals surface area contributed by atoms with Gasteiger partial charge in [-0.05, 0) is 23.1 Å². The molecule has 0 saturated heterocycles. The van der Waals surface area contributed by atoms with E-state index in [2.05, 4.69) is 0 Å². The molecule has 2 N–H and O–H groups in total. The van der Waals surface area contributed by atoms with Crippen LogP contribution < -0.4 is 16.7 Å². The molecule has 2 aromatic rings. The second kappa shape index (κ2) is 8.30. The molecule has 0 aliphatic heterocycles. The Hall–Kier alpha value is -1.42. The Morgan fingerprint density at radius 3 is 1.56 bits per heavy atom. The summed E-state index contributed by atoms with van der Waals surface area (Å²) in [5.41, 5.74) is 3.08. The van der Waals surface area contributed by atoms with E-state index in [4.69, 9.17) is 33.6 Å². The third-order valence-electron chi connectivity index (χ3n) is 3.60. The first-order chi connectivity index (χ1) is 12.4. The summed E-state index contributed by atoms with van der Waals surface area (Å²) in [7, 11) is 0. The topological polar surface area (TPSA) is 35.2 Å². The van der Waals surface area contributed by atoms with Crippen LogP contribution in [0.4, 0.5) is 26.3 Å². The molecule has 0 heterocycles. The van der Waals surface area contributed by atoms with Crippen molar-refractivity contribution in [3.8, 4) is 0 Å². The molecule has 2 nitrogen and oxygen atoms in total. The van der Waals surface area contributed by atoms with Crippen molar-refractivity contribution in [2.45, 2.75) is 12.4 Å². The molecule has 0 spiro atoms. The van der Waals surface area contributed by atoms with Crippen LogP contribution in [0, 0.1) is 0 Å². The van der Waals surface area contributed by atoms with Crippen molar-refractivity contribution in [1.29, 1.82) is 0 Å². The standard InChI is InChI=1S/C16H12BCl2F6NO/c18-13-3-1-9(7-11(13)15(20,21)22)17(27-6-5-26)10-2-4-14(19)12(8-10)16(23,24)25/h1-4,7-8H,5-6,26H2. The Labute approximate surface area is 161 Å². The fraction of sp³-hybridized carbons (Fsp3) is 0.250. The molecule has 0 saturated carbocycles. The summed E-state index contributed by atoms with van der Waals surface area (Å²) in [6.45, 7) is -1.28. The van der Waals surface area contributed by atoms with Crippen LogP contribution >= 0.6 is 23.2 Å². The number of rotatable bonds is 5. The highest BCUT2D eigenvalue weighted by molar-refractivity contribution is 6.80. The van der Waals surface area contributed by atoms with E-state index in [1.165, 1.54) is 12.1 Å². The molecule has 0 radical (unpaired) electrons. The van der Waals surface area contributed by atoms with Gasteiger partial charge in [-0.2, -0.15) is 26.3 Å². The van der Waals surface area contributed by atoms with Gasteiger partial charge in [-0.25, -0.2) is 0 Å². The van der Waals surface area contributed by atoms with Gasteiger partial charge in [0, 0.05) is 13.2 Å². The van der Waals surface area contributed by atoms with E-state index in [1.54, 1.807) is 0 Å². The lowest BCUT2D eigenvalue weighted by Crippen LogP contribution is -2.46. The zero-order chi connectivity index (χ0) is 20.4. The molecule has 0 atom stereocenters. The largest absolute Gasteiger partial charge is 0.426 e. The zero-order valence-corrected chi connectivity index (χ0v) is 15.0. The number of hydrogen-bond donors (Lipinski definition) is 1. The van der Waals surface area contributed by atoms with E-state index < -0.39 is 40.4 Å². The number of hydrogen-bond acceptors (Lipinski definition) is 2. The van der Waals surface area contributed by atoms with Crippen molar-refractivity contribution in [3.05, 3.63) is 57.6 Å². The summed E-state index contributed by atoms with van der Waals surface area (Å²) >= 11 is 11.2. The van der Waals surface area contributed by atoms with Crippen molar-refractivity contribution < 1.29 is 31.0 Å². The molecule has 27 heavy (non-hydrogen) atoms. The number of alkyl halides is 6. The lowest BCUT2D eigenvalue weighted by Gasteiger charge is -2.19. The third kappa shape index (κ3) is 5.31. The van der Waals surface area contributed by atoms with Crippen LogP contribution in [-0.4, -0.2) is 20.1 Å². The molecule has 0 aliphatic carbocycles. The maximum atomic E-state index is 13.1. The Morgan fingerprint density at radius 1 is 0.815 bits per heavy atom. The van der Waals surface area contributed by atoms with Crippen molar-refractivity contribution in [2.24, 2.45) is 5.73 Å². The van der Waals surface area contributed by atoms with Gasteiger partial charge in [0.2, 0.25) is 0 Å². The maximum Gasteiger partial charge on any atom is 0.417 e. The van der Waals surface area contributed by atoms with Gasteiger partial charge < -0.3 is 10.4 Å². The number of halogens is 8. The first kappa shape index (κ1) is 21.9. The summed E-state index contributed by atoms with van der Waals surface area (Å²) in [5, 5.41) is -1.06. The van der Waals surface area contributed by atoms with Gasteiger partial charge in [0.15, 0.2) is 0 Å². The van der Waals surface area contributed by atoms with E-state index >= 15 is 0 Å². The van der Waals surface area contributed by atoms with Gasteiger partial charge in [-0.15, -0.1) is 0 Å². The Balaban J connectivity index is 2.57. The second-order valence-corrected chi connectivity index (χ2v) is 6.33. The lowest BCUT2D eigenvalue weighted by molar-refractivity contribution is -0.138. The molecule has 0 aromatic heterocycles. The fourth-order valence-electron chi connectivity index (χ4n) is 2.42. The Kier molecular flexibility index (Phi) is 6.73. The van der Waals surface area contributed by atoms with E-state index in [0.29, 0.717) is 0 Å². The Morgan fingerprint density at radius 2 is 1.22 bits per heavy atom. The molecule has 146 valence electrons. The van der Waals surface area contributed by atoms with E-state index in [9.17, 15) is 26.3 Å². The average Bonchev–Trinajstić information content (AvgIpc) is 2.55. The second-order valence-electron chi connectivity index (χ2n) is 5.51. The molecule has 0 fully saturated rings. The van der Waals surface area contributed by atoms with Crippen LogP contribution in [0.15, 0.2) is 36.4 Å². The van der Waals surface area contributed by atoms with E-state index in [1.807, 2.05) is 0 Å². The SMILES string of the molecule is NCCOB(c1ccc(Cl)c(C(F)(F)F)c1)c1ccc(Cl)c(C(F)(F)F)c1. The monoisotopic (exact) mass is 429 g/mol. The highest BCUT2D eigenvalue weighted by Gasteiger charge is 2.37. The summed E-state index contributed by atoms with van der Waals surface area (Å²) in [6.07, 6.45) is -9.47.